The molecule has 0 aliphatic carbocycles. The van der Waals surface area contributed by atoms with Crippen LogP contribution in [0, 0.1) is 10.8 Å². The zero-order valence-electron chi connectivity index (χ0n) is 24.2. The summed E-state index contributed by atoms with van der Waals surface area (Å²) in [6.45, 7) is 29.4. The molecule has 1 aliphatic heterocycles. The van der Waals surface area contributed by atoms with Crippen molar-refractivity contribution in [2.75, 3.05) is 84.4 Å². The first-order valence-electron chi connectivity index (χ1n) is 13.3. The van der Waals surface area contributed by atoms with Crippen LogP contribution < -0.4 is 0 Å². The van der Waals surface area contributed by atoms with Gasteiger partial charge in [-0.1, -0.05) is 41.5 Å². The number of aliphatic hydroxyl groups excluding tert-OH is 1. The maximum absolute atomic E-state index is 12.6. The summed E-state index contributed by atoms with van der Waals surface area (Å²) >= 11 is 5.93. The van der Waals surface area contributed by atoms with Crippen LogP contribution in [0.5, 0.6) is 0 Å². The molecule has 1 rings (SSSR count). The Balaban J connectivity index is 3.05. The third-order valence-corrected chi connectivity index (χ3v) is 6.10. The topological polar surface area (TPSA) is 59.5 Å². The van der Waals surface area contributed by atoms with Crippen LogP contribution in [0.3, 0.4) is 0 Å². The Morgan fingerprint density at radius 2 is 1.11 bits per heavy atom. The highest BCUT2D eigenvalue weighted by atomic mass is 35.5. The van der Waals surface area contributed by atoms with Crippen molar-refractivity contribution in [1.29, 1.82) is 0 Å². The van der Waals surface area contributed by atoms with Gasteiger partial charge in [-0.15, -0.1) is 11.6 Å². The summed E-state index contributed by atoms with van der Waals surface area (Å²) in [6.07, 6.45) is -0.553. The van der Waals surface area contributed by atoms with Crippen molar-refractivity contribution in [3.63, 3.8) is 0 Å². The van der Waals surface area contributed by atoms with E-state index in [1.54, 1.807) is 0 Å². The predicted octanol–water partition coefficient (Wildman–Crippen LogP) is 3.24. The maximum atomic E-state index is 12.6. The van der Waals surface area contributed by atoms with Gasteiger partial charge in [0.25, 0.3) is 0 Å². The number of nitrogens with zero attached hydrogens (tertiary/aromatic N) is 4. The molecule has 0 aromatic carbocycles. The Bertz CT molecular complexity index is 613. The number of carbonyl (C=O) groups excluding carboxylic acids is 1. The molecule has 1 unspecified atom stereocenters. The Labute approximate surface area is 221 Å². The van der Waals surface area contributed by atoms with E-state index in [4.69, 9.17) is 16.3 Å². The van der Waals surface area contributed by atoms with E-state index in [1.807, 2.05) is 20.8 Å². The Morgan fingerprint density at radius 3 is 1.46 bits per heavy atom. The second-order valence-electron chi connectivity index (χ2n) is 13.6. The highest BCUT2D eigenvalue weighted by molar-refractivity contribution is 6.18. The van der Waals surface area contributed by atoms with Crippen LogP contribution in [-0.2, 0) is 9.53 Å². The number of rotatable bonds is 7. The molecule has 0 spiro atoms. The average molecular weight is 519 g/mol. The fraction of sp³-hybridized carbons (Fsp3) is 0.963. The molecule has 1 saturated heterocycles. The lowest BCUT2D eigenvalue weighted by Crippen LogP contribution is -2.50. The number of carbonyl (C=O) groups is 1. The van der Waals surface area contributed by atoms with Gasteiger partial charge in [0.15, 0.2) is 0 Å². The minimum Gasteiger partial charge on any atom is -0.459 e. The summed E-state index contributed by atoms with van der Waals surface area (Å²) < 4.78 is 5.62. The molecule has 0 saturated carbocycles. The lowest BCUT2D eigenvalue weighted by atomic mass is 9.95. The fourth-order valence-electron chi connectivity index (χ4n) is 4.48. The first-order valence-corrected chi connectivity index (χ1v) is 13.8. The molecule has 1 N–H and O–H groups in total. The van der Waals surface area contributed by atoms with Crippen molar-refractivity contribution in [2.24, 2.45) is 10.8 Å². The zero-order valence-corrected chi connectivity index (χ0v) is 25.0. The highest BCUT2D eigenvalue weighted by Gasteiger charge is 2.25. The third-order valence-electron chi connectivity index (χ3n) is 5.75. The fourth-order valence-corrected chi connectivity index (χ4v) is 4.58. The Hall–Kier alpha value is -0.440. The van der Waals surface area contributed by atoms with Crippen molar-refractivity contribution >= 4 is 17.6 Å². The van der Waals surface area contributed by atoms with Crippen LogP contribution in [0.4, 0.5) is 0 Å². The number of alkyl halides is 1. The van der Waals surface area contributed by atoms with Gasteiger partial charge in [-0.25, -0.2) is 0 Å². The van der Waals surface area contributed by atoms with E-state index in [1.165, 1.54) is 0 Å². The standard InChI is InChI=1S/C27H55ClN4O3/c1-25(2,3)21-31-14-12-29(19-23(33)18-28)10-11-30(20-24(34)35-27(7,8)9)13-15-32(17-16-31)22-26(4,5)6/h23,33H,10-22H2,1-9H3. The van der Waals surface area contributed by atoms with Gasteiger partial charge in [0.05, 0.1) is 12.6 Å². The SMILES string of the molecule is CC(C)(C)CN1CCN(CC(=O)OC(C)(C)C)CCN(CC(O)CCl)CCN(CC(C)(C)C)CC1. The summed E-state index contributed by atoms with van der Waals surface area (Å²) in [5, 5.41) is 10.3. The predicted molar refractivity (Wildman–Crippen MR) is 147 cm³/mol. The first-order chi connectivity index (χ1) is 16.0. The molecule has 7 nitrogen and oxygen atoms in total. The van der Waals surface area contributed by atoms with Crippen LogP contribution >= 0.6 is 11.6 Å². The van der Waals surface area contributed by atoms with Gasteiger partial charge in [-0.3, -0.25) is 14.6 Å². The molecule has 0 radical (unpaired) electrons. The van der Waals surface area contributed by atoms with E-state index >= 15 is 0 Å². The summed E-state index contributed by atoms with van der Waals surface area (Å²) in [5.41, 5.74) is -0.0676. The van der Waals surface area contributed by atoms with E-state index in [9.17, 15) is 9.90 Å². The lowest BCUT2D eigenvalue weighted by molar-refractivity contribution is -0.156. The lowest BCUT2D eigenvalue weighted by Gasteiger charge is -2.38. The van der Waals surface area contributed by atoms with E-state index in [0.29, 0.717) is 6.54 Å². The normalized spacial score (nSPS) is 20.8. The molecule has 35 heavy (non-hydrogen) atoms. The molecule has 8 heteroatoms. The molecule has 0 aromatic rings. The quantitative estimate of drug-likeness (QED) is 0.410. The second kappa shape index (κ2) is 14.5. The van der Waals surface area contributed by atoms with Gasteiger partial charge in [-0.2, -0.15) is 0 Å². The van der Waals surface area contributed by atoms with Crippen molar-refractivity contribution in [3.8, 4) is 0 Å². The maximum Gasteiger partial charge on any atom is 0.320 e. The summed E-state index contributed by atoms with van der Waals surface area (Å²) in [7, 11) is 0. The van der Waals surface area contributed by atoms with E-state index < -0.39 is 11.7 Å². The number of hydrogen-bond donors (Lipinski definition) is 1. The summed E-state index contributed by atoms with van der Waals surface area (Å²) in [6, 6.07) is 0. The Morgan fingerprint density at radius 1 is 0.743 bits per heavy atom. The van der Waals surface area contributed by atoms with Crippen molar-refractivity contribution in [1.82, 2.24) is 19.6 Å². The highest BCUT2D eigenvalue weighted by Crippen LogP contribution is 2.18. The number of hydrogen-bond acceptors (Lipinski definition) is 7. The van der Waals surface area contributed by atoms with Crippen molar-refractivity contribution in [2.45, 2.75) is 74.0 Å². The number of esters is 1. The van der Waals surface area contributed by atoms with Gasteiger partial charge < -0.3 is 19.6 Å². The molecular weight excluding hydrogens is 464 g/mol. The van der Waals surface area contributed by atoms with Gasteiger partial charge in [0, 0.05) is 77.9 Å². The van der Waals surface area contributed by atoms with Crippen LogP contribution in [0.1, 0.15) is 62.3 Å². The van der Waals surface area contributed by atoms with Gasteiger partial charge in [-0.05, 0) is 31.6 Å². The molecule has 1 aliphatic rings. The molecule has 1 atom stereocenters. The monoisotopic (exact) mass is 518 g/mol. The van der Waals surface area contributed by atoms with Crippen LogP contribution in [0.2, 0.25) is 0 Å². The minimum absolute atomic E-state index is 0.185. The number of ether oxygens (including phenoxy) is 1. The van der Waals surface area contributed by atoms with E-state index in [-0.39, 0.29) is 29.2 Å². The average Bonchev–Trinajstić information content (AvgIpc) is 2.66. The zero-order chi connectivity index (χ0) is 26.9. The van der Waals surface area contributed by atoms with Crippen molar-refractivity contribution < 1.29 is 14.6 Å². The minimum atomic E-state index is -0.553. The molecule has 1 fully saturated rings. The van der Waals surface area contributed by atoms with Crippen LogP contribution in [-0.4, -0.2) is 127 Å². The number of aliphatic hydroxyl groups is 1. The van der Waals surface area contributed by atoms with Crippen LogP contribution in [0.25, 0.3) is 0 Å². The molecule has 0 bridgehead atoms. The van der Waals surface area contributed by atoms with Crippen LogP contribution in [0.15, 0.2) is 0 Å². The van der Waals surface area contributed by atoms with E-state index in [2.05, 4.69) is 61.1 Å². The van der Waals surface area contributed by atoms with Gasteiger partial charge in [0.1, 0.15) is 5.60 Å². The smallest absolute Gasteiger partial charge is 0.320 e. The number of β-amino-alcohol motifs (C(OH)–C–C–N with tert-alkyl or cyclic N) is 1. The molecule has 208 valence electrons. The molecule has 0 aromatic heterocycles. The Kier molecular flexibility index (Phi) is 13.5. The molecular formula is C27H55ClN4O3. The molecule has 1 heterocycles. The van der Waals surface area contributed by atoms with Crippen molar-refractivity contribution in [3.05, 3.63) is 0 Å². The summed E-state index contributed by atoms with van der Waals surface area (Å²) in [4.78, 5) is 22.3. The third kappa shape index (κ3) is 16.8. The summed E-state index contributed by atoms with van der Waals surface area (Å²) in [5.74, 6) is 0.0432. The second-order valence-corrected chi connectivity index (χ2v) is 14.0. The number of halogens is 1. The first kappa shape index (κ1) is 32.6. The largest absolute Gasteiger partial charge is 0.459 e. The van der Waals surface area contributed by atoms with E-state index in [0.717, 1.165) is 65.4 Å². The molecule has 0 amide bonds. The van der Waals surface area contributed by atoms with Gasteiger partial charge in [0.2, 0.25) is 0 Å². The van der Waals surface area contributed by atoms with Gasteiger partial charge >= 0.3 is 5.97 Å².